The average molecular weight is 566 g/mol. The van der Waals surface area contributed by atoms with Gasteiger partial charge in [0.05, 0.1) is 0 Å². The fraction of sp³-hybridized carbons (Fsp3) is 0.500. The normalized spacial score (nSPS) is 19.8. The van der Waals surface area contributed by atoms with Crippen molar-refractivity contribution < 1.29 is 14.3 Å². The van der Waals surface area contributed by atoms with Crippen molar-refractivity contribution in [2.45, 2.75) is 51.7 Å². The standard InChI is InChI=1S/C26H36INO3Si/c1-25(2,3)31-24(29)28-18-20(21(17-27)19-28)16-26(4,5)32(30,22-12-8-6-9-13-22)23-14-10-7-11-15-23/h6-15,20-21,30H,16-19H2,1-5H3/t20-,21+/m0/s1. The molecule has 1 saturated heterocycles. The van der Waals surface area contributed by atoms with E-state index in [2.05, 4.69) is 60.7 Å². The van der Waals surface area contributed by atoms with Crippen LogP contribution in [0.2, 0.25) is 5.04 Å². The molecular formula is C26H36INO3Si. The lowest BCUT2D eigenvalue weighted by Gasteiger charge is -2.43. The van der Waals surface area contributed by atoms with Crippen molar-refractivity contribution in [3.8, 4) is 0 Å². The molecule has 2 aromatic rings. The predicted octanol–water partition coefficient (Wildman–Crippen LogP) is 4.83. The van der Waals surface area contributed by atoms with Crippen LogP contribution in [0.4, 0.5) is 4.79 Å². The summed E-state index contributed by atoms with van der Waals surface area (Å²) in [6, 6.07) is 20.3. The number of ether oxygens (including phenoxy) is 1. The molecule has 1 heterocycles. The number of carbonyl (C=O) groups excluding carboxylic acids is 1. The Morgan fingerprint density at radius 2 is 1.44 bits per heavy atom. The van der Waals surface area contributed by atoms with E-state index in [-0.39, 0.29) is 11.1 Å². The van der Waals surface area contributed by atoms with Gasteiger partial charge in [-0.2, -0.15) is 0 Å². The summed E-state index contributed by atoms with van der Waals surface area (Å²) in [5.74, 6) is 0.716. The van der Waals surface area contributed by atoms with Crippen molar-refractivity contribution in [3.63, 3.8) is 0 Å². The molecule has 0 bridgehead atoms. The van der Waals surface area contributed by atoms with E-state index in [0.717, 1.165) is 27.8 Å². The van der Waals surface area contributed by atoms with Gasteiger partial charge in [0.15, 0.2) is 0 Å². The second-order valence-electron chi connectivity index (χ2n) is 10.6. The zero-order valence-corrected chi connectivity index (χ0v) is 23.0. The third kappa shape index (κ3) is 5.39. The lowest BCUT2D eigenvalue weighted by Crippen LogP contribution is -2.65. The lowest BCUT2D eigenvalue weighted by atomic mass is 9.89. The topological polar surface area (TPSA) is 49.8 Å². The number of alkyl halides is 1. The van der Waals surface area contributed by atoms with E-state index in [1.54, 1.807) is 0 Å². The number of benzene rings is 2. The molecule has 0 radical (unpaired) electrons. The molecular weight excluding hydrogens is 529 g/mol. The van der Waals surface area contributed by atoms with Crippen LogP contribution in [0.5, 0.6) is 0 Å². The Morgan fingerprint density at radius 1 is 0.969 bits per heavy atom. The van der Waals surface area contributed by atoms with E-state index in [1.807, 2.05) is 62.1 Å². The summed E-state index contributed by atoms with van der Waals surface area (Å²) in [5, 5.41) is 1.74. The molecule has 1 aliphatic heterocycles. The maximum Gasteiger partial charge on any atom is 0.410 e. The van der Waals surface area contributed by atoms with E-state index < -0.39 is 13.9 Å². The fourth-order valence-electron chi connectivity index (χ4n) is 4.93. The Kier molecular flexibility index (Phi) is 7.77. The first kappa shape index (κ1) is 25.2. The Balaban J connectivity index is 1.90. The number of rotatable bonds is 6. The molecule has 0 unspecified atom stereocenters. The van der Waals surface area contributed by atoms with Crippen LogP contribution in [0, 0.1) is 11.8 Å². The van der Waals surface area contributed by atoms with Gasteiger partial charge in [0.25, 0.3) is 8.32 Å². The first-order valence-electron chi connectivity index (χ1n) is 11.4. The highest BCUT2D eigenvalue weighted by Crippen LogP contribution is 2.45. The summed E-state index contributed by atoms with van der Waals surface area (Å²) in [5.41, 5.74) is -0.498. The molecule has 6 heteroatoms. The number of hydrogen-bond donors (Lipinski definition) is 1. The number of halogens is 1. The summed E-state index contributed by atoms with van der Waals surface area (Å²) in [7, 11) is -3.06. The third-order valence-corrected chi connectivity index (χ3v) is 12.2. The largest absolute Gasteiger partial charge is 0.444 e. The molecule has 0 saturated carbocycles. The second kappa shape index (κ2) is 9.85. The van der Waals surface area contributed by atoms with Gasteiger partial charge in [0.2, 0.25) is 0 Å². The monoisotopic (exact) mass is 565 g/mol. The van der Waals surface area contributed by atoms with Gasteiger partial charge in [-0.1, -0.05) is 97.1 Å². The van der Waals surface area contributed by atoms with Crippen LogP contribution in [0.25, 0.3) is 0 Å². The van der Waals surface area contributed by atoms with Gasteiger partial charge in [0, 0.05) is 17.5 Å². The molecule has 0 spiro atoms. The van der Waals surface area contributed by atoms with E-state index in [4.69, 9.17) is 4.74 Å². The SMILES string of the molecule is CC(C)(C)OC(=O)N1C[C@@H](CI)[C@@H](CC(C)(C)[Si](O)(c2ccccc2)c2ccccc2)C1. The smallest absolute Gasteiger partial charge is 0.410 e. The summed E-state index contributed by atoms with van der Waals surface area (Å²) in [6.45, 7) is 11.5. The van der Waals surface area contributed by atoms with Crippen LogP contribution < -0.4 is 10.4 Å². The first-order valence-corrected chi connectivity index (χ1v) is 14.8. The van der Waals surface area contributed by atoms with Gasteiger partial charge >= 0.3 is 6.09 Å². The average Bonchev–Trinajstić information content (AvgIpc) is 3.15. The molecule has 0 aromatic heterocycles. The van der Waals surface area contributed by atoms with Crippen molar-refractivity contribution in [1.29, 1.82) is 0 Å². The Hall–Kier alpha value is -1.38. The Morgan fingerprint density at radius 3 is 1.88 bits per heavy atom. The van der Waals surface area contributed by atoms with Crippen LogP contribution >= 0.6 is 22.6 Å². The summed E-state index contributed by atoms with van der Waals surface area (Å²) >= 11 is 2.43. The van der Waals surface area contributed by atoms with Crippen LogP contribution in [-0.2, 0) is 4.74 Å². The second-order valence-corrected chi connectivity index (χ2v) is 15.4. The molecule has 174 valence electrons. The van der Waals surface area contributed by atoms with E-state index in [0.29, 0.717) is 18.4 Å². The van der Waals surface area contributed by atoms with E-state index >= 15 is 0 Å². The van der Waals surface area contributed by atoms with E-state index in [9.17, 15) is 9.59 Å². The van der Waals surface area contributed by atoms with E-state index in [1.165, 1.54) is 0 Å². The number of nitrogens with zero attached hydrogens (tertiary/aromatic N) is 1. The van der Waals surface area contributed by atoms with Gasteiger partial charge in [0.1, 0.15) is 5.60 Å². The highest BCUT2D eigenvalue weighted by molar-refractivity contribution is 14.1. The molecule has 3 rings (SSSR count). The molecule has 4 nitrogen and oxygen atoms in total. The van der Waals surface area contributed by atoms with Crippen molar-refractivity contribution >= 4 is 47.4 Å². The molecule has 1 amide bonds. The minimum Gasteiger partial charge on any atom is -0.444 e. The third-order valence-electron chi connectivity index (χ3n) is 6.56. The van der Waals surface area contributed by atoms with Gasteiger partial charge in [-0.3, -0.25) is 0 Å². The maximum atomic E-state index is 12.7. The zero-order valence-electron chi connectivity index (χ0n) is 19.8. The number of likely N-dealkylation sites (tertiary alicyclic amines) is 1. The van der Waals surface area contributed by atoms with Gasteiger partial charge < -0.3 is 14.4 Å². The van der Waals surface area contributed by atoms with Crippen molar-refractivity contribution in [2.75, 3.05) is 17.5 Å². The molecule has 0 aliphatic carbocycles. The van der Waals surface area contributed by atoms with Crippen LogP contribution in [0.1, 0.15) is 41.0 Å². The quantitative estimate of drug-likeness (QED) is 0.310. The van der Waals surface area contributed by atoms with Crippen molar-refractivity contribution in [3.05, 3.63) is 60.7 Å². The highest BCUT2D eigenvalue weighted by Gasteiger charge is 2.52. The Labute approximate surface area is 207 Å². The van der Waals surface area contributed by atoms with Crippen LogP contribution in [-0.4, -0.2) is 47.2 Å². The molecule has 1 N–H and O–H groups in total. The summed E-state index contributed by atoms with van der Waals surface area (Å²) < 4.78 is 6.62. The molecule has 1 fully saturated rings. The molecule has 2 aromatic carbocycles. The van der Waals surface area contributed by atoms with Gasteiger partial charge in [-0.25, -0.2) is 4.79 Å². The highest BCUT2D eigenvalue weighted by atomic mass is 127. The number of carbonyl (C=O) groups is 1. The van der Waals surface area contributed by atoms with Crippen LogP contribution in [0.15, 0.2) is 60.7 Å². The minimum absolute atomic E-state index is 0.230. The number of hydrogen-bond acceptors (Lipinski definition) is 3. The van der Waals surface area contributed by atoms with Crippen molar-refractivity contribution in [1.82, 2.24) is 4.90 Å². The molecule has 1 aliphatic rings. The fourth-order valence-corrected chi connectivity index (χ4v) is 9.73. The van der Waals surface area contributed by atoms with Crippen molar-refractivity contribution in [2.24, 2.45) is 11.8 Å². The minimum atomic E-state index is -3.06. The Bertz CT molecular complexity index is 859. The molecule has 32 heavy (non-hydrogen) atoms. The summed E-state index contributed by atoms with van der Waals surface area (Å²) in [4.78, 5) is 27.1. The molecule has 2 atom stereocenters. The van der Waals surface area contributed by atoms with Gasteiger partial charge in [-0.05, 0) is 54.4 Å². The maximum absolute atomic E-state index is 12.7. The predicted molar refractivity (Wildman–Crippen MR) is 142 cm³/mol. The zero-order chi connectivity index (χ0) is 23.6. The first-order chi connectivity index (χ1) is 15.0. The van der Waals surface area contributed by atoms with Gasteiger partial charge in [-0.15, -0.1) is 0 Å². The lowest BCUT2D eigenvalue weighted by molar-refractivity contribution is 0.0284. The van der Waals surface area contributed by atoms with Crippen LogP contribution in [0.3, 0.4) is 0 Å². The number of amides is 1. The summed E-state index contributed by atoms with van der Waals surface area (Å²) in [6.07, 6.45) is 0.623.